The van der Waals surface area contributed by atoms with Crippen molar-refractivity contribution in [2.24, 2.45) is 0 Å². The molecule has 0 bridgehead atoms. The Morgan fingerprint density at radius 2 is 2.17 bits per heavy atom. The Morgan fingerprint density at radius 3 is 2.92 bits per heavy atom. The number of anilines is 1. The summed E-state index contributed by atoms with van der Waals surface area (Å²) in [6.45, 7) is -0.544. The quantitative estimate of drug-likeness (QED) is 0.675. The van der Waals surface area contributed by atoms with Gasteiger partial charge in [0.1, 0.15) is 24.0 Å². The van der Waals surface area contributed by atoms with Crippen LogP contribution in [-0.2, 0) is 6.54 Å². The molecular weight excluding hydrogens is 341 g/mol. The second-order valence-corrected chi connectivity index (χ2v) is 5.73. The van der Waals surface area contributed by atoms with Gasteiger partial charge >= 0.3 is 0 Å². The van der Waals surface area contributed by atoms with Crippen molar-refractivity contribution < 1.29 is 17.9 Å². The number of rotatable bonds is 7. The molecule has 2 N–H and O–H groups in total. The molecule has 0 unspecified atom stereocenters. The summed E-state index contributed by atoms with van der Waals surface area (Å²) in [4.78, 5) is 5.27. The third kappa shape index (κ3) is 4.05. The monoisotopic (exact) mass is 354 g/mol. The van der Waals surface area contributed by atoms with E-state index in [2.05, 4.69) is 20.5 Å². The highest BCUT2D eigenvalue weighted by atomic mass is 32.1. The minimum absolute atomic E-state index is 0.0216. The highest BCUT2D eigenvalue weighted by molar-refractivity contribution is 7.13. The zero-order chi connectivity index (χ0) is 16.9. The number of hydrogen-bond donors (Lipinski definition) is 2. The van der Waals surface area contributed by atoms with Gasteiger partial charge < -0.3 is 10.1 Å². The minimum Gasteiger partial charge on any atom is -0.485 e. The van der Waals surface area contributed by atoms with Gasteiger partial charge in [0.25, 0.3) is 6.43 Å². The van der Waals surface area contributed by atoms with Crippen LogP contribution >= 0.6 is 11.3 Å². The first-order valence-electron chi connectivity index (χ1n) is 7.01. The second kappa shape index (κ2) is 7.35. The molecule has 0 aliphatic carbocycles. The van der Waals surface area contributed by atoms with Crippen LogP contribution in [0, 0.1) is 5.82 Å². The van der Waals surface area contributed by atoms with Gasteiger partial charge in [-0.25, -0.2) is 18.2 Å². The van der Waals surface area contributed by atoms with E-state index in [-0.39, 0.29) is 12.3 Å². The van der Waals surface area contributed by atoms with Gasteiger partial charge in [0.05, 0.1) is 17.1 Å². The molecule has 0 aliphatic rings. The van der Waals surface area contributed by atoms with Crippen LogP contribution in [0.4, 0.5) is 18.9 Å². The first kappa shape index (κ1) is 16.3. The number of halogens is 3. The number of hydrogen-bond acceptors (Lipinski definition) is 5. The topological polar surface area (TPSA) is 62.8 Å². The summed E-state index contributed by atoms with van der Waals surface area (Å²) in [5.74, 6) is 0.593. The SMILES string of the molecule is Fc1ccc(NCc2nc(-c3cccs3)n[nH]2)c(OCC(F)F)c1. The normalized spacial score (nSPS) is 11.0. The molecule has 2 aromatic heterocycles. The van der Waals surface area contributed by atoms with E-state index < -0.39 is 18.8 Å². The summed E-state index contributed by atoms with van der Waals surface area (Å²) in [6, 6.07) is 7.50. The van der Waals surface area contributed by atoms with E-state index >= 15 is 0 Å². The molecule has 1 aromatic carbocycles. The Morgan fingerprint density at radius 1 is 1.29 bits per heavy atom. The van der Waals surface area contributed by atoms with E-state index in [1.54, 1.807) is 0 Å². The predicted octanol–water partition coefficient (Wildman–Crippen LogP) is 3.93. The van der Waals surface area contributed by atoms with Crippen molar-refractivity contribution in [1.82, 2.24) is 15.2 Å². The molecule has 0 amide bonds. The number of aromatic amines is 1. The molecule has 0 aliphatic heterocycles. The van der Waals surface area contributed by atoms with E-state index in [0.717, 1.165) is 10.9 Å². The molecule has 0 saturated heterocycles. The van der Waals surface area contributed by atoms with Gasteiger partial charge in [0, 0.05) is 6.07 Å². The smallest absolute Gasteiger partial charge is 0.272 e. The predicted molar refractivity (Wildman–Crippen MR) is 84.9 cm³/mol. The van der Waals surface area contributed by atoms with Gasteiger partial charge in [-0.2, -0.15) is 5.10 Å². The summed E-state index contributed by atoms with van der Waals surface area (Å²) < 4.78 is 42.8. The molecule has 0 radical (unpaired) electrons. The lowest BCUT2D eigenvalue weighted by atomic mass is 10.3. The van der Waals surface area contributed by atoms with Crippen molar-refractivity contribution in [3.05, 3.63) is 47.4 Å². The van der Waals surface area contributed by atoms with E-state index in [1.165, 1.54) is 23.5 Å². The lowest BCUT2D eigenvalue weighted by molar-refractivity contribution is 0.0821. The number of benzene rings is 1. The van der Waals surface area contributed by atoms with E-state index in [1.807, 2.05) is 17.5 Å². The maximum Gasteiger partial charge on any atom is 0.272 e. The summed E-state index contributed by atoms with van der Waals surface area (Å²) in [5.41, 5.74) is 0.395. The maximum absolute atomic E-state index is 13.3. The molecule has 2 heterocycles. The second-order valence-electron chi connectivity index (χ2n) is 4.78. The van der Waals surface area contributed by atoms with Crippen molar-refractivity contribution in [3.63, 3.8) is 0 Å². The van der Waals surface area contributed by atoms with Crippen molar-refractivity contribution >= 4 is 17.0 Å². The summed E-state index contributed by atoms with van der Waals surface area (Å²) >= 11 is 1.52. The van der Waals surface area contributed by atoms with Gasteiger partial charge in [-0.1, -0.05) is 6.07 Å². The summed E-state index contributed by atoms with van der Waals surface area (Å²) in [5, 5.41) is 11.8. The van der Waals surface area contributed by atoms with Crippen LogP contribution in [0.5, 0.6) is 5.75 Å². The zero-order valence-electron chi connectivity index (χ0n) is 12.3. The Kier molecular flexibility index (Phi) is 4.99. The van der Waals surface area contributed by atoms with Crippen molar-refractivity contribution in [1.29, 1.82) is 0 Å². The van der Waals surface area contributed by atoms with Crippen LogP contribution in [0.15, 0.2) is 35.7 Å². The Balaban J connectivity index is 1.68. The van der Waals surface area contributed by atoms with Crippen molar-refractivity contribution in [3.8, 4) is 16.5 Å². The first-order valence-corrected chi connectivity index (χ1v) is 7.89. The lowest BCUT2D eigenvalue weighted by Crippen LogP contribution is -2.10. The molecule has 126 valence electrons. The molecule has 0 saturated carbocycles. The van der Waals surface area contributed by atoms with Crippen LogP contribution in [-0.4, -0.2) is 28.2 Å². The van der Waals surface area contributed by atoms with E-state index in [4.69, 9.17) is 4.74 Å². The molecule has 5 nitrogen and oxygen atoms in total. The Bertz CT molecular complexity index is 792. The maximum atomic E-state index is 13.3. The highest BCUT2D eigenvalue weighted by Gasteiger charge is 2.11. The lowest BCUT2D eigenvalue weighted by Gasteiger charge is -2.12. The third-order valence-electron chi connectivity index (χ3n) is 3.03. The standard InChI is InChI=1S/C15H13F3N4OS/c16-9-3-4-10(11(6-9)23-8-13(17)18)19-7-14-20-15(22-21-14)12-2-1-5-24-12/h1-6,13,19H,7-8H2,(H,20,21,22). The van der Waals surface area contributed by atoms with Crippen LogP contribution in [0.1, 0.15) is 5.82 Å². The fourth-order valence-corrected chi connectivity index (χ4v) is 2.64. The van der Waals surface area contributed by atoms with E-state index in [9.17, 15) is 13.2 Å². The first-order chi connectivity index (χ1) is 11.6. The van der Waals surface area contributed by atoms with Crippen LogP contribution in [0.3, 0.4) is 0 Å². The van der Waals surface area contributed by atoms with Gasteiger partial charge in [0.15, 0.2) is 5.82 Å². The fourth-order valence-electron chi connectivity index (χ4n) is 1.98. The number of H-pyrrole nitrogens is 1. The molecule has 3 rings (SSSR count). The summed E-state index contributed by atoms with van der Waals surface area (Å²) in [7, 11) is 0. The third-order valence-corrected chi connectivity index (χ3v) is 3.89. The van der Waals surface area contributed by atoms with Gasteiger partial charge in [-0.15, -0.1) is 11.3 Å². The Labute approximate surface area is 139 Å². The van der Waals surface area contributed by atoms with Crippen molar-refractivity contribution in [2.75, 3.05) is 11.9 Å². The number of alkyl halides is 2. The number of nitrogens with one attached hydrogen (secondary N) is 2. The molecule has 0 fully saturated rings. The highest BCUT2D eigenvalue weighted by Crippen LogP contribution is 2.26. The molecule has 24 heavy (non-hydrogen) atoms. The largest absolute Gasteiger partial charge is 0.485 e. The zero-order valence-corrected chi connectivity index (χ0v) is 13.1. The van der Waals surface area contributed by atoms with Crippen molar-refractivity contribution in [2.45, 2.75) is 13.0 Å². The van der Waals surface area contributed by atoms with Crippen LogP contribution < -0.4 is 10.1 Å². The van der Waals surface area contributed by atoms with Gasteiger partial charge in [-0.05, 0) is 23.6 Å². The number of ether oxygens (including phenoxy) is 1. The summed E-state index contributed by atoms with van der Waals surface area (Å²) in [6.07, 6.45) is -2.64. The average Bonchev–Trinajstić information content (AvgIpc) is 3.23. The molecular formula is C15H13F3N4OS. The number of nitrogens with zero attached hydrogens (tertiary/aromatic N) is 2. The average molecular weight is 354 g/mol. The molecule has 0 atom stereocenters. The van der Waals surface area contributed by atoms with Crippen LogP contribution in [0.25, 0.3) is 10.7 Å². The number of thiophene rings is 1. The molecule has 3 aromatic rings. The van der Waals surface area contributed by atoms with Crippen LogP contribution in [0.2, 0.25) is 0 Å². The number of aromatic nitrogens is 3. The molecule has 9 heteroatoms. The van der Waals surface area contributed by atoms with E-state index in [0.29, 0.717) is 17.3 Å². The Hall–Kier alpha value is -2.55. The fraction of sp³-hybridized carbons (Fsp3) is 0.200. The molecule has 0 spiro atoms. The van der Waals surface area contributed by atoms with Gasteiger partial charge in [-0.3, -0.25) is 5.10 Å². The minimum atomic E-state index is -2.64. The van der Waals surface area contributed by atoms with Gasteiger partial charge in [0.2, 0.25) is 0 Å².